The zero-order valence-electron chi connectivity index (χ0n) is 14.9. The first-order valence-corrected chi connectivity index (χ1v) is 8.48. The standard InChI is InChI=1S/C21H10F5NO3/c22-16-13(17(23)19(25)20(26)18(16)24)9-29-11-3-4-12-14(7-11)30-15(21(12)28)6-10-2-1-5-27-8-10/h1-8H,9H2. The summed E-state index contributed by atoms with van der Waals surface area (Å²) in [6.07, 6.45) is 4.60. The molecule has 0 saturated carbocycles. The number of ether oxygens (including phenoxy) is 2. The molecule has 0 N–H and O–H groups in total. The molecule has 1 aliphatic rings. The SMILES string of the molecule is O=C1C(=Cc2cccnc2)Oc2cc(OCc3c(F)c(F)c(F)c(F)c3F)ccc21. The molecular formula is C21H10F5NO3. The van der Waals surface area contributed by atoms with Gasteiger partial charge in [-0.15, -0.1) is 0 Å². The van der Waals surface area contributed by atoms with Gasteiger partial charge in [0.05, 0.1) is 11.1 Å². The smallest absolute Gasteiger partial charge is 0.231 e. The average molecular weight is 419 g/mol. The second-order valence-electron chi connectivity index (χ2n) is 6.22. The van der Waals surface area contributed by atoms with E-state index in [0.29, 0.717) is 5.56 Å². The van der Waals surface area contributed by atoms with Crippen LogP contribution in [0.3, 0.4) is 0 Å². The summed E-state index contributed by atoms with van der Waals surface area (Å²) in [6, 6.07) is 7.38. The van der Waals surface area contributed by atoms with Crippen LogP contribution in [-0.2, 0) is 6.61 Å². The Morgan fingerprint density at radius 1 is 0.967 bits per heavy atom. The zero-order chi connectivity index (χ0) is 21.4. The van der Waals surface area contributed by atoms with Crippen molar-refractivity contribution >= 4 is 11.9 Å². The molecule has 0 saturated heterocycles. The summed E-state index contributed by atoms with van der Waals surface area (Å²) < 4.78 is 77.9. The monoisotopic (exact) mass is 419 g/mol. The third-order valence-corrected chi connectivity index (χ3v) is 4.31. The Bertz CT molecular complexity index is 1170. The normalized spacial score (nSPS) is 14.0. The van der Waals surface area contributed by atoms with Gasteiger partial charge in [0, 0.05) is 18.5 Å². The van der Waals surface area contributed by atoms with Gasteiger partial charge in [-0.05, 0) is 29.8 Å². The quantitative estimate of drug-likeness (QED) is 0.259. The largest absolute Gasteiger partial charge is 0.489 e. The fourth-order valence-corrected chi connectivity index (χ4v) is 2.80. The minimum Gasteiger partial charge on any atom is -0.489 e. The number of benzene rings is 2. The Labute approximate surface area is 166 Å². The van der Waals surface area contributed by atoms with E-state index in [1.165, 1.54) is 30.5 Å². The van der Waals surface area contributed by atoms with E-state index in [1.807, 2.05) is 0 Å². The van der Waals surface area contributed by atoms with Crippen LogP contribution >= 0.6 is 0 Å². The minimum absolute atomic E-state index is 0.00752. The fourth-order valence-electron chi connectivity index (χ4n) is 2.80. The van der Waals surface area contributed by atoms with Crippen LogP contribution in [0.4, 0.5) is 22.0 Å². The molecule has 0 aliphatic carbocycles. The van der Waals surface area contributed by atoms with Gasteiger partial charge in [-0.2, -0.15) is 0 Å². The van der Waals surface area contributed by atoms with E-state index in [4.69, 9.17) is 9.47 Å². The molecule has 9 heteroatoms. The lowest BCUT2D eigenvalue weighted by molar-refractivity contribution is 0.101. The van der Waals surface area contributed by atoms with Crippen LogP contribution in [0.5, 0.6) is 11.5 Å². The average Bonchev–Trinajstić information content (AvgIpc) is 3.06. The maximum Gasteiger partial charge on any atom is 0.231 e. The number of carbonyl (C=O) groups excluding carboxylic acids is 1. The number of Topliss-reactive ketones (excluding diaryl/α,β-unsaturated/α-hetero) is 1. The molecule has 0 atom stereocenters. The van der Waals surface area contributed by atoms with Crippen LogP contribution in [0, 0.1) is 29.1 Å². The second kappa shape index (κ2) is 7.58. The van der Waals surface area contributed by atoms with Gasteiger partial charge in [-0.1, -0.05) is 6.07 Å². The topological polar surface area (TPSA) is 48.4 Å². The zero-order valence-corrected chi connectivity index (χ0v) is 14.9. The van der Waals surface area contributed by atoms with Crippen molar-refractivity contribution in [2.45, 2.75) is 6.61 Å². The van der Waals surface area contributed by atoms with Crippen LogP contribution in [0.25, 0.3) is 6.08 Å². The van der Waals surface area contributed by atoms with Crippen molar-refractivity contribution in [2.24, 2.45) is 0 Å². The van der Waals surface area contributed by atoms with E-state index >= 15 is 0 Å². The summed E-state index contributed by atoms with van der Waals surface area (Å²) in [5.74, 6) is -10.5. The predicted octanol–water partition coefficient (Wildman–Crippen LogP) is 4.97. The van der Waals surface area contributed by atoms with Crippen molar-refractivity contribution in [3.05, 3.63) is 94.3 Å². The van der Waals surface area contributed by atoms with Crippen molar-refractivity contribution < 1.29 is 36.2 Å². The highest BCUT2D eigenvalue weighted by molar-refractivity contribution is 6.14. The number of pyridine rings is 1. The summed E-state index contributed by atoms with van der Waals surface area (Å²) in [4.78, 5) is 16.3. The Morgan fingerprint density at radius 3 is 2.33 bits per heavy atom. The molecule has 0 unspecified atom stereocenters. The first kappa shape index (κ1) is 19.6. The molecular weight excluding hydrogens is 409 g/mol. The molecule has 4 nitrogen and oxygen atoms in total. The second-order valence-corrected chi connectivity index (χ2v) is 6.22. The number of hydrogen-bond acceptors (Lipinski definition) is 4. The van der Waals surface area contributed by atoms with E-state index < -0.39 is 41.3 Å². The molecule has 0 fully saturated rings. The third-order valence-electron chi connectivity index (χ3n) is 4.31. The van der Waals surface area contributed by atoms with Crippen LogP contribution in [-0.4, -0.2) is 10.8 Å². The molecule has 2 aromatic carbocycles. The Hall–Kier alpha value is -3.75. The molecule has 152 valence electrons. The number of allylic oxidation sites excluding steroid dienone is 1. The fraction of sp³-hybridized carbons (Fsp3) is 0.0476. The van der Waals surface area contributed by atoms with Crippen molar-refractivity contribution in [2.75, 3.05) is 0 Å². The van der Waals surface area contributed by atoms with E-state index in [2.05, 4.69) is 4.98 Å². The van der Waals surface area contributed by atoms with E-state index in [1.54, 1.807) is 18.3 Å². The highest BCUT2D eigenvalue weighted by atomic mass is 19.2. The number of hydrogen-bond donors (Lipinski definition) is 0. The van der Waals surface area contributed by atoms with Crippen molar-refractivity contribution in [3.8, 4) is 11.5 Å². The summed E-state index contributed by atoms with van der Waals surface area (Å²) in [6.45, 7) is -0.920. The van der Waals surface area contributed by atoms with E-state index in [0.717, 1.165) is 0 Å². The Kier molecular flexibility index (Phi) is 4.94. The summed E-state index contributed by atoms with van der Waals surface area (Å²) in [5, 5.41) is 0. The van der Waals surface area contributed by atoms with Gasteiger partial charge in [0.15, 0.2) is 29.0 Å². The number of rotatable bonds is 4. The highest BCUT2D eigenvalue weighted by Gasteiger charge is 2.29. The molecule has 0 bridgehead atoms. The Morgan fingerprint density at radius 2 is 1.67 bits per heavy atom. The van der Waals surface area contributed by atoms with E-state index in [9.17, 15) is 26.7 Å². The number of aromatic nitrogens is 1. The number of ketones is 1. The maximum absolute atomic E-state index is 13.8. The van der Waals surface area contributed by atoms with Gasteiger partial charge in [0.1, 0.15) is 18.1 Å². The molecule has 1 aliphatic heterocycles. The van der Waals surface area contributed by atoms with Crippen LogP contribution in [0.2, 0.25) is 0 Å². The lowest BCUT2D eigenvalue weighted by Gasteiger charge is -2.10. The number of nitrogens with zero attached hydrogens (tertiary/aromatic N) is 1. The lowest BCUT2D eigenvalue weighted by Crippen LogP contribution is -2.09. The third kappa shape index (κ3) is 3.38. The highest BCUT2D eigenvalue weighted by Crippen LogP contribution is 2.35. The minimum atomic E-state index is -2.24. The molecule has 4 rings (SSSR count). The van der Waals surface area contributed by atoms with Crippen molar-refractivity contribution in [3.63, 3.8) is 0 Å². The van der Waals surface area contributed by atoms with Crippen molar-refractivity contribution in [1.29, 1.82) is 0 Å². The van der Waals surface area contributed by atoms with Gasteiger partial charge in [0.2, 0.25) is 11.6 Å². The van der Waals surface area contributed by atoms with Crippen LogP contribution < -0.4 is 9.47 Å². The van der Waals surface area contributed by atoms with Gasteiger partial charge < -0.3 is 9.47 Å². The lowest BCUT2D eigenvalue weighted by atomic mass is 10.1. The maximum atomic E-state index is 13.8. The van der Waals surface area contributed by atoms with Crippen LogP contribution in [0.15, 0.2) is 48.5 Å². The summed E-state index contributed by atoms with van der Waals surface area (Å²) in [5.41, 5.74) is -0.244. The number of carbonyl (C=O) groups is 1. The van der Waals surface area contributed by atoms with Crippen molar-refractivity contribution in [1.82, 2.24) is 4.98 Å². The molecule has 3 aromatic rings. The van der Waals surface area contributed by atoms with Gasteiger partial charge in [-0.3, -0.25) is 9.78 Å². The molecule has 1 aromatic heterocycles. The van der Waals surface area contributed by atoms with E-state index in [-0.39, 0.29) is 28.6 Å². The molecule has 30 heavy (non-hydrogen) atoms. The molecule has 2 heterocycles. The Balaban J connectivity index is 1.56. The van der Waals surface area contributed by atoms with Gasteiger partial charge in [-0.25, -0.2) is 22.0 Å². The molecule has 0 spiro atoms. The summed E-state index contributed by atoms with van der Waals surface area (Å²) >= 11 is 0. The molecule has 0 radical (unpaired) electrons. The van der Waals surface area contributed by atoms with Gasteiger partial charge in [0.25, 0.3) is 0 Å². The summed E-state index contributed by atoms with van der Waals surface area (Å²) in [7, 11) is 0. The molecule has 0 amide bonds. The number of halogens is 5. The first-order chi connectivity index (χ1) is 14.4. The van der Waals surface area contributed by atoms with Crippen LogP contribution in [0.1, 0.15) is 21.5 Å². The van der Waals surface area contributed by atoms with Gasteiger partial charge >= 0.3 is 0 Å². The first-order valence-electron chi connectivity index (χ1n) is 8.48. The predicted molar refractivity (Wildman–Crippen MR) is 94.2 cm³/mol. The number of fused-ring (bicyclic) bond motifs is 1.